The molecule has 7 nitrogen and oxygen atoms in total. The highest BCUT2D eigenvalue weighted by Crippen LogP contribution is 2.14. The molecule has 0 saturated heterocycles. The first-order valence-electron chi connectivity index (χ1n) is 7.62. The van der Waals surface area contributed by atoms with E-state index in [0.717, 1.165) is 32.4 Å². The molecule has 0 bridgehead atoms. The van der Waals surface area contributed by atoms with E-state index in [2.05, 4.69) is 32.5 Å². The number of nitrogens with zero attached hydrogens (tertiary/aromatic N) is 4. The van der Waals surface area contributed by atoms with Gasteiger partial charge in [-0.25, -0.2) is 0 Å². The quantitative estimate of drug-likeness (QED) is 0.604. The van der Waals surface area contributed by atoms with Crippen molar-refractivity contribution in [3.8, 4) is 0 Å². The molecule has 1 heterocycles. The lowest BCUT2D eigenvalue weighted by molar-refractivity contribution is 0.255. The van der Waals surface area contributed by atoms with E-state index in [1.165, 1.54) is 0 Å². The summed E-state index contributed by atoms with van der Waals surface area (Å²) in [6, 6.07) is 0. The number of nitrogens with one attached hydrogen (secondary N) is 2. The van der Waals surface area contributed by atoms with E-state index in [0.29, 0.717) is 23.8 Å². The van der Waals surface area contributed by atoms with Gasteiger partial charge in [0.15, 0.2) is 0 Å². The minimum absolute atomic E-state index is 0.217. The fraction of sp³-hybridized carbons (Fsp3) is 0.786. The van der Waals surface area contributed by atoms with Crippen LogP contribution in [0.25, 0.3) is 0 Å². The van der Waals surface area contributed by atoms with E-state index in [1.54, 1.807) is 0 Å². The smallest absolute Gasteiger partial charge is 0.231 e. The van der Waals surface area contributed by atoms with Crippen LogP contribution in [0.4, 0.5) is 17.8 Å². The standard InChI is InChI=1S/C14H28N6O/c1-5-7-11(8-9-21)10-16-13-17-12(15-6-2)18-14(19-13)20(3)4/h11,21H,5-10H2,1-4H3,(H2,15,16,17,18,19). The largest absolute Gasteiger partial charge is 0.396 e. The summed E-state index contributed by atoms with van der Waals surface area (Å²) in [5.41, 5.74) is 0. The number of anilines is 3. The Balaban J connectivity index is 2.75. The molecule has 0 fully saturated rings. The van der Waals surface area contributed by atoms with E-state index in [-0.39, 0.29) is 6.61 Å². The number of hydrogen-bond donors (Lipinski definition) is 3. The summed E-state index contributed by atoms with van der Waals surface area (Å²) in [5, 5.41) is 15.5. The van der Waals surface area contributed by atoms with Gasteiger partial charge in [-0.1, -0.05) is 13.3 Å². The maximum atomic E-state index is 9.11. The Morgan fingerprint density at radius 3 is 2.24 bits per heavy atom. The Morgan fingerprint density at radius 1 is 1.05 bits per heavy atom. The van der Waals surface area contributed by atoms with Crippen molar-refractivity contribution in [1.82, 2.24) is 15.0 Å². The van der Waals surface area contributed by atoms with Crippen LogP contribution in [0.3, 0.4) is 0 Å². The summed E-state index contributed by atoms with van der Waals surface area (Å²) >= 11 is 0. The van der Waals surface area contributed by atoms with Gasteiger partial charge in [-0.2, -0.15) is 15.0 Å². The maximum Gasteiger partial charge on any atom is 0.231 e. The average Bonchev–Trinajstić information content (AvgIpc) is 2.45. The first-order chi connectivity index (χ1) is 10.1. The molecule has 1 unspecified atom stereocenters. The molecule has 0 aliphatic heterocycles. The third-order valence-corrected chi connectivity index (χ3v) is 3.14. The Hall–Kier alpha value is -1.63. The second-order valence-electron chi connectivity index (χ2n) is 5.26. The topological polar surface area (TPSA) is 86.2 Å². The molecule has 0 aliphatic carbocycles. The molecule has 0 aromatic carbocycles. The van der Waals surface area contributed by atoms with Crippen LogP contribution in [0.1, 0.15) is 33.1 Å². The molecule has 7 heteroatoms. The van der Waals surface area contributed by atoms with Crippen LogP contribution in [0.15, 0.2) is 0 Å². The Morgan fingerprint density at radius 2 is 1.71 bits per heavy atom. The predicted octanol–water partition coefficient (Wildman–Crippen LogP) is 1.58. The van der Waals surface area contributed by atoms with Gasteiger partial charge in [-0.15, -0.1) is 0 Å². The van der Waals surface area contributed by atoms with Crippen LogP contribution in [0.5, 0.6) is 0 Å². The molecule has 21 heavy (non-hydrogen) atoms. The second-order valence-corrected chi connectivity index (χ2v) is 5.26. The van der Waals surface area contributed by atoms with Crippen LogP contribution < -0.4 is 15.5 Å². The van der Waals surface area contributed by atoms with Gasteiger partial charge in [0.05, 0.1) is 0 Å². The van der Waals surface area contributed by atoms with Gasteiger partial charge in [-0.05, 0) is 25.7 Å². The van der Waals surface area contributed by atoms with E-state index in [1.807, 2.05) is 25.9 Å². The summed E-state index contributed by atoms with van der Waals surface area (Å²) < 4.78 is 0. The van der Waals surface area contributed by atoms with Gasteiger partial charge in [0.2, 0.25) is 17.8 Å². The lowest BCUT2D eigenvalue weighted by atomic mass is 10.0. The molecule has 0 aliphatic rings. The molecule has 1 aromatic heterocycles. The molecular weight excluding hydrogens is 268 g/mol. The lowest BCUT2D eigenvalue weighted by Crippen LogP contribution is -2.20. The molecule has 0 radical (unpaired) electrons. The number of rotatable bonds is 10. The number of hydrogen-bond acceptors (Lipinski definition) is 7. The van der Waals surface area contributed by atoms with Crippen LogP contribution in [0.2, 0.25) is 0 Å². The fourth-order valence-electron chi connectivity index (χ4n) is 2.06. The molecule has 120 valence electrons. The molecule has 0 spiro atoms. The molecule has 0 saturated carbocycles. The molecule has 3 N–H and O–H groups in total. The van der Waals surface area contributed by atoms with Crippen molar-refractivity contribution in [1.29, 1.82) is 0 Å². The fourth-order valence-corrected chi connectivity index (χ4v) is 2.06. The van der Waals surface area contributed by atoms with Gasteiger partial charge in [-0.3, -0.25) is 0 Å². The van der Waals surface area contributed by atoms with E-state index in [4.69, 9.17) is 5.11 Å². The Labute approximate surface area is 127 Å². The maximum absolute atomic E-state index is 9.11. The summed E-state index contributed by atoms with van der Waals surface area (Å²) in [4.78, 5) is 14.9. The monoisotopic (exact) mass is 296 g/mol. The number of aliphatic hydroxyl groups is 1. The summed E-state index contributed by atoms with van der Waals surface area (Å²) in [6.45, 7) is 5.90. The van der Waals surface area contributed by atoms with Crippen LogP contribution in [-0.4, -0.2) is 53.9 Å². The zero-order valence-corrected chi connectivity index (χ0v) is 13.6. The first kappa shape index (κ1) is 17.4. The zero-order chi connectivity index (χ0) is 15.7. The zero-order valence-electron chi connectivity index (χ0n) is 13.6. The van der Waals surface area contributed by atoms with Crippen molar-refractivity contribution < 1.29 is 5.11 Å². The van der Waals surface area contributed by atoms with Crippen molar-refractivity contribution in [3.05, 3.63) is 0 Å². The predicted molar refractivity (Wildman–Crippen MR) is 86.9 cm³/mol. The van der Waals surface area contributed by atoms with Crippen molar-refractivity contribution in [2.45, 2.75) is 33.1 Å². The Kier molecular flexibility index (Phi) is 7.74. The van der Waals surface area contributed by atoms with Crippen LogP contribution in [0, 0.1) is 5.92 Å². The van der Waals surface area contributed by atoms with Gasteiger partial charge >= 0.3 is 0 Å². The third-order valence-electron chi connectivity index (χ3n) is 3.14. The van der Waals surface area contributed by atoms with E-state index in [9.17, 15) is 0 Å². The molecular formula is C14H28N6O. The molecule has 1 rings (SSSR count). The minimum atomic E-state index is 0.217. The highest BCUT2D eigenvalue weighted by Gasteiger charge is 2.11. The van der Waals surface area contributed by atoms with E-state index < -0.39 is 0 Å². The van der Waals surface area contributed by atoms with E-state index >= 15 is 0 Å². The summed E-state index contributed by atoms with van der Waals surface area (Å²) in [6.07, 6.45) is 2.99. The Bertz CT molecular complexity index is 406. The van der Waals surface area contributed by atoms with Gasteiger partial charge < -0.3 is 20.6 Å². The third kappa shape index (κ3) is 6.12. The highest BCUT2D eigenvalue weighted by atomic mass is 16.3. The van der Waals surface area contributed by atoms with Crippen molar-refractivity contribution in [2.75, 3.05) is 49.3 Å². The van der Waals surface area contributed by atoms with Gasteiger partial charge in [0.25, 0.3) is 0 Å². The van der Waals surface area contributed by atoms with Crippen molar-refractivity contribution in [2.24, 2.45) is 5.92 Å². The second kappa shape index (κ2) is 9.33. The average molecular weight is 296 g/mol. The SMILES string of the molecule is CCCC(CCO)CNc1nc(NCC)nc(N(C)C)n1. The molecule has 1 atom stereocenters. The van der Waals surface area contributed by atoms with Crippen molar-refractivity contribution >= 4 is 17.8 Å². The normalized spacial score (nSPS) is 12.0. The number of aliphatic hydroxyl groups excluding tert-OH is 1. The summed E-state index contributed by atoms with van der Waals surface area (Å²) in [7, 11) is 3.81. The van der Waals surface area contributed by atoms with Gasteiger partial charge in [0, 0.05) is 33.8 Å². The van der Waals surface area contributed by atoms with Gasteiger partial charge in [0.1, 0.15) is 0 Å². The first-order valence-corrected chi connectivity index (χ1v) is 7.62. The minimum Gasteiger partial charge on any atom is -0.396 e. The van der Waals surface area contributed by atoms with Crippen molar-refractivity contribution in [3.63, 3.8) is 0 Å². The number of aromatic nitrogens is 3. The van der Waals surface area contributed by atoms with Crippen LogP contribution in [-0.2, 0) is 0 Å². The van der Waals surface area contributed by atoms with Crippen LogP contribution >= 0.6 is 0 Å². The molecule has 0 amide bonds. The highest BCUT2D eigenvalue weighted by molar-refractivity contribution is 5.42. The molecule has 1 aromatic rings. The summed E-state index contributed by atoms with van der Waals surface area (Å²) in [5.74, 6) is 2.20. The lowest BCUT2D eigenvalue weighted by Gasteiger charge is -2.17.